The molecule has 1 aromatic rings. The third-order valence-electron chi connectivity index (χ3n) is 4.28. The Hall–Kier alpha value is -1.92. The molecule has 21 heavy (non-hydrogen) atoms. The summed E-state index contributed by atoms with van der Waals surface area (Å²) in [6.45, 7) is 8.50. The van der Waals surface area contributed by atoms with Crippen molar-refractivity contribution in [2.45, 2.75) is 45.8 Å². The van der Waals surface area contributed by atoms with Crippen LogP contribution in [0.1, 0.15) is 38.8 Å². The highest BCUT2D eigenvalue weighted by Gasteiger charge is 2.61. The van der Waals surface area contributed by atoms with Crippen molar-refractivity contribution in [1.82, 2.24) is 5.06 Å². The topological polar surface area (TPSA) is 82.1 Å². The molecular weight excluding hydrogens is 270 g/mol. The Morgan fingerprint density at radius 3 is 2.24 bits per heavy atom. The van der Waals surface area contributed by atoms with Gasteiger partial charge in [0.1, 0.15) is 11.3 Å². The van der Waals surface area contributed by atoms with Gasteiger partial charge in [-0.05, 0) is 39.8 Å². The highest BCUT2D eigenvalue weighted by Crippen LogP contribution is 2.36. The molecule has 0 aliphatic carbocycles. The zero-order valence-corrected chi connectivity index (χ0v) is 13.0. The summed E-state index contributed by atoms with van der Waals surface area (Å²) in [6, 6.07) is 7.53. The second-order valence-electron chi connectivity index (χ2n) is 6.09. The number of oxime groups is 1. The second-order valence-corrected chi connectivity index (χ2v) is 6.09. The van der Waals surface area contributed by atoms with Crippen molar-refractivity contribution in [1.29, 1.82) is 0 Å². The van der Waals surface area contributed by atoms with Crippen molar-refractivity contribution < 1.29 is 15.2 Å². The Morgan fingerprint density at radius 2 is 1.76 bits per heavy atom. The van der Waals surface area contributed by atoms with Crippen molar-refractivity contribution in [2.24, 2.45) is 5.16 Å². The molecule has 0 aromatic heterocycles. The maximum atomic E-state index is 12.8. The van der Waals surface area contributed by atoms with Crippen molar-refractivity contribution in [3.05, 3.63) is 40.6 Å². The van der Waals surface area contributed by atoms with E-state index in [0.717, 1.165) is 16.2 Å². The lowest BCUT2D eigenvalue weighted by atomic mass is 9.92. The molecule has 0 saturated heterocycles. The Balaban J connectivity index is 2.70. The molecule has 0 amide bonds. The lowest BCUT2D eigenvalue weighted by molar-refractivity contribution is -0.560. The largest absolute Gasteiger partial charge is 0.622 e. The van der Waals surface area contributed by atoms with Gasteiger partial charge in [-0.25, -0.2) is 0 Å². The van der Waals surface area contributed by atoms with E-state index in [2.05, 4.69) is 5.16 Å². The highest BCUT2D eigenvalue weighted by atomic mass is 16.6. The summed E-state index contributed by atoms with van der Waals surface area (Å²) in [5, 5.41) is 36.4. The third kappa shape index (κ3) is 2.02. The summed E-state index contributed by atoms with van der Waals surface area (Å²) in [6.07, 6.45) is 0. The van der Waals surface area contributed by atoms with Gasteiger partial charge in [0.2, 0.25) is 5.71 Å². The number of aryl methyl sites for hydroxylation is 1. The van der Waals surface area contributed by atoms with Crippen molar-refractivity contribution in [2.75, 3.05) is 0 Å². The summed E-state index contributed by atoms with van der Waals surface area (Å²) in [7, 11) is 0. The first-order chi connectivity index (χ1) is 9.67. The van der Waals surface area contributed by atoms with Crippen LogP contribution in [0.2, 0.25) is 0 Å². The van der Waals surface area contributed by atoms with Gasteiger partial charge in [-0.3, -0.25) is 0 Å². The van der Waals surface area contributed by atoms with Crippen LogP contribution in [0.25, 0.3) is 0 Å². The van der Waals surface area contributed by atoms with Crippen LogP contribution in [0, 0.1) is 12.1 Å². The van der Waals surface area contributed by atoms with E-state index in [1.165, 1.54) is 13.8 Å². The SMILES string of the molecule is C/C(=N/O)[C@]1(C)N(O)C(C)(C)C(c2ccc(C)cc2)=[N+]1[O-]. The molecule has 0 bridgehead atoms. The lowest BCUT2D eigenvalue weighted by Gasteiger charge is -2.32. The summed E-state index contributed by atoms with van der Waals surface area (Å²) >= 11 is 0. The molecule has 2 rings (SSSR count). The minimum absolute atomic E-state index is 0.121. The van der Waals surface area contributed by atoms with E-state index in [4.69, 9.17) is 5.21 Å². The first-order valence-electron chi connectivity index (χ1n) is 6.77. The van der Waals surface area contributed by atoms with Gasteiger partial charge >= 0.3 is 0 Å². The van der Waals surface area contributed by atoms with E-state index >= 15 is 0 Å². The van der Waals surface area contributed by atoms with Crippen molar-refractivity contribution in [3.63, 3.8) is 0 Å². The molecule has 0 saturated carbocycles. The van der Waals surface area contributed by atoms with Gasteiger partial charge in [0.25, 0.3) is 5.66 Å². The fourth-order valence-electron chi connectivity index (χ4n) is 2.77. The summed E-state index contributed by atoms with van der Waals surface area (Å²) in [5.74, 6) is 0. The molecule has 0 spiro atoms. The minimum atomic E-state index is -1.45. The Kier molecular flexibility index (Phi) is 3.55. The zero-order valence-electron chi connectivity index (χ0n) is 13.0. The molecule has 6 nitrogen and oxygen atoms in total. The summed E-state index contributed by atoms with van der Waals surface area (Å²) in [4.78, 5) is 0. The van der Waals surface area contributed by atoms with Gasteiger partial charge in [0.05, 0.1) is 0 Å². The molecule has 1 heterocycles. The predicted octanol–water partition coefficient (Wildman–Crippen LogP) is 2.34. The van der Waals surface area contributed by atoms with E-state index < -0.39 is 11.2 Å². The molecule has 2 N–H and O–H groups in total. The first kappa shape index (κ1) is 15.5. The predicted molar refractivity (Wildman–Crippen MR) is 79.9 cm³/mol. The van der Waals surface area contributed by atoms with E-state index in [-0.39, 0.29) is 5.71 Å². The zero-order chi connectivity index (χ0) is 16.0. The van der Waals surface area contributed by atoms with E-state index in [1.807, 2.05) is 31.2 Å². The lowest BCUT2D eigenvalue weighted by Crippen LogP contribution is -2.57. The van der Waals surface area contributed by atoms with Gasteiger partial charge in [0.15, 0.2) is 0 Å². The van der Waals surface area contributed by atoms with Gasteiger partial charge < -0.3 is 15.6 Å². The number of hydroxylamine groups is 3. The van der Waals surface area contributed by atoms with E-state index in [9.17, 15) is 10.4 Å². The highest BCUT2D eigenvalue weighted by molar-refractivity contribution is 6.06. The molecule has 0 radical (unpaired) electrons. The van der Waals surface area contributed by atoms with Crippen molar-refractivity contribution >= 4 is 11.4 Å². The van der Waals surface area contributed by atoms with Crippen LogP contribution in [-0.2, 0) is 0 Å². The summed E-state index contributed by atoms with van der Waals surface area (Å²) in [5.41, 5.74) is 0.0000237. The second kappa shape index (κ2) is 4.82. The van der Waals surface area contributed by atoms with Gasteiger partial charge in [-0.2, -0.15) is 4.74 Å². The molecule has 114 valence electrons. The average Bonchev–Trinajstić information content (AvgIpc) is 2.58. The molecule has 0 unspecified atom stereocenters. The molecule has 1 aromatic carbocycles. The van der Waals surface area contributed by atoms with Crippen LogP contribution in [0.5, 0.6) is 0 Å². The molecule has 1 atom stereocenters. The molecule has 1 aliphatic rings. The minimum Gasteiger partial charge on any atom is -0.622 e. The summed E-state index contributed by atoms with van der Waals surface area (Å²) < 4.78 is 0.715. The molecule has 6 heteroatoms. The van der Waals surface area contributed by atoms with Gasteiger partial charge in [-0.15, -0.1) is 5.06 Å². The van der Waals surface area contributed by atoms with Crippen LogP contribution < -0.4 is 0 Å². The van der Waals surface area contributed by atoms with Crippen molar-refractivity contribution in [3.8, 4) is 0 Å². The fraction of sp³-hybridized carbons (Fsp3) is 0.467. The average molecular weight is 291 g/mol. The number of benzene rings is 1. The Bertz CT molecular complexity index is 620. The Morgan fingerprint density at radius 1 is 1.24 bits per heavy atom. The first-order valence-corrected chi connectivity index (χ1v) is 6.77. The normalized spacial score (nSPS) is 26.5. The smallest absolute Gasteiger partial charge is 0.290 e. The van der Waals surface area contributed by atoms with Crippen LogP contribution in [0.4, 0.5) is 0 Å². The van der Waals surface area contributed by atoms with Crippen LogP contribution >= 0.6 is 0 Å². The van der Waals surface area contributed by atoms with Gasteiger partial charge in [0, 0.05) is 12.5 Å². The number of nitrogens with zero attached hydrogens (tertiary/aromatic N) is 3. The van der Waals surface area contributed by atoms with Crippen LogP contribution in [0.15, 0.2) is 29.4 Å². The quantitative estimate of drug-likeness (QED) is 0.288. The molecular formula is C15H21N3O3. The number of rotatable bonds is 2. The monoisotopic (exact) mass is 291 g/mol. The van der Waals surface area contributed by atoms with Crippen LogP contribution in [0.3, 0.4) is 0 Å². The fourth-order valence-corrected chi connectivity index (χ4v) is 2.77. The maximum absolute atomic E-state index is 12.8. The number of hydrogen-bond donors (Lipinski definition) is 2. The molecule has 1 aliphatic heterocycles. The Labute approximate surface area is 124 Å². The molecule has 0 fully saturated rings. The van der Waals surface area contributed by atoms with E-state index in [0.29, 0.717) is 10.5 Å². The van der Waals surface area contributed by atoms with E-state index in [1.54, 1.807) is 13.8 Å². The van der Waals surface area contributed by atoms with Crippen LogP contribution in [-0.4, -0.2) is 42.8 Å². The third-order valence-corrected chi connectivity index (χ3v) is 4.28. The number of hydrogen-bond acceptors (Lipinski definition) is 5. The van der Waals surface area contributed by atoms with Gasteiger partial charge in [-0.1, -0.05) is 22.9 Å². The maximum Gasteiger partial charge on any atom is 0.290 e. The standard InChI is InChI=1S/C15H21N3O3/c1-10-6-8-12(9-7-10)13-14(3,4)18(21)15(5,17(13)20)11(2)16-19/h6-9,19,21H,1-5H3/b16-11-/t15-/m0/s1.